The van der Waals surface area contributed by atoms with Crippen LogP contribution in [0.2, 0.25) is 5.02 Å². The van der Waals surface area contributed by atoms with Gasteiger partial charge in [-0.25, -0.2) is 4.98 Å². The number of hydrogen-bond acceptors (Lipinski definition) is 3. The molecule has 118 valence electrons. The van der Waals surface area contributed by atoms with Crippen LogP contribution >= 0.6 is 11.6 Å². The second-order valence-electron chi connectivity index (χ2n) is 6.34. The Bertz CT molecular complexity index is 440. The Kier molecular flexibility index (Phi) is 6.31. The van der Waals surface area contributed by atoms with Crippen LogP contribution in [0.1, 0.15) is 45.7 Å². The number of anilines is 1. The first-order chi connectivity index (χ1) is 10.1. The summed E-state index contributed by atoms with van der Waals surface area (Å²) in [5, 5.41) is 4.14. The summed E-state index contributed by atoms with van der Waals surface area (Å²) in [7, 11) is 0. The molecule has 1 N–H and O–H groups in total. The second-order valence-corrected chi connectivity index (χ2v) is 6.75. The number of aromatic nitrogens is 1. The minimum Gasteiger partial charge on any atom is -0.357 e. The van der Waals surface area contributed by atoms with E-state index in [1.165, 1.54) is 12.8 Å². The molecule has 0 aromatic carbocycles. The van der Waals surface area contributed by atoms with Crippen LogP contribution in [0.4, 0.5) is 5.82 Å². The van der Waals surface area contributed by atoms with Crippen molar-refractivity contribution in [1.29, 1.82) is 0 Å². The summed E-state index contributed by atoms with van der Waals surface area (Å²) < 4.78 is 0. The third kappa shape index (κ3) is 4.58. The molecule has 4 heteroatoms. The quantitative estimate of drug-likeness (QED) is 0.802. The van der Waals surface area contributed by atoms with Crippen LogP contribution in [-0.2, 0) is 6.54 Å². The first-order valence-corrected chi connectivity index (χ1v) is 8.60. The van der Waals surface area contributed by atoms with Crippen molar-refractivity contribution in [1.82, 2.24) is 10.3 Å². The molecule has 0 aliphatic carbocycles. The third-order valence-corrected chi connectivity index (χ3v) is 4.77. The molecule has 0 bridgehead atoms. The minimum absolute atomic E-state index is 0.753. The van der Waals surface area contributed by atoms with Crippen LogP contribution < -0.4 is 10.2 Å². The second kappa shape index (κ2) is 8.00. The van der Waals surface area contributed by atoms with Crippen LogP contribution in [0.3, 0.4) is 0 Å². The highest BCUT2D eigenvalue weighted by Gasteiger charge is 2.22. The smallest absolute Gasteiger partial charge is 0.128 e. The molecule has 21 heavy (non-hydrogen) atoms. The van der Waals surface area contributed by atoms with Gasteiger partial charge < -0.3 is 10.2 Å². The first-order valence-electron chi connectivity index (χ1n) is 8.23. The lowest BCUT2D eigenvalue weighted by Gasteiger charge is -2.34. The molecule has 3 nitrogen and oxygen atoms in total. The predicted octanol–water partition coefficient (Wildman–Crippen LogP) is 4.11. The fourth-order valence-electron chi connectivity index (χ4n) is 2.95. The molecule has 1 aromatic rings. The lowest BCUT2D eigenvalue weighted by molar-refractivity contribution is 0.310. The van der Waals surface area contributed by atoms with Gasteiger partial charge in [-0.1, -0.05) is 32.4 Å². The fraction of sp³-hybridized carbons (Fsp3) is 0.706. The minimum atomic E-state index is 0.753. The third-order valence-electron chi connectivity index (χ3n) is 4.43. The Morgan fingerprint density at radius 1 is 1.33 bits per heavy atom. The zero-order chi connectivity index (χ0) is 15.2. The number of piperidine rings is 1. The molecule has 1 aromatic heterocycles. The van der Waals surface area contributed by atoms with E-state index in [1.807, 2.05) is 6.07 Å². The maximum atomic E-state index is 6.26. The average Bonchev–Trinajstić information content (AvgIpc) is 2.49. The topological polar surface area (TPSA) is 28.2 Å². The average molecular weight is 310 g/mol. The van der Waals surface area contributed by atoms with Crippen molar-refractivity contribution in [2.24, 2.45) is 11.8 Å². The molecular formula is C17H28ClN3. The summed E-state index contributed by atoms with van der Waals surface area (Å²) in [4.78, 5) is 7.17. The van der Waals surface area contributed by atoms with Gasteiger partial charge in [0, 0.05) is 19.6 Å². The van der Waals surface area contributed by atoms with Crippen molar-refractivity contribution >= 4 is 17.4 Å². The zero-order valence-corrected chi connectivity index (χ0v) is 14.3. The van der Waals surface area contributed by atoms with Gasteiger partial charge in [0.15, 0.2) is 0 Å². The summed E-state index contributed by atoms with van der Waals surface area (Å²) in [5.41, 5.74) is 0.966. The molecule has 1 aliphatic heterocycles. The molecule has 0 saturated carbocycles. The van der Waals surface area contributed by atoms with Gasteiger partial charge in [-0.3, -0.25) is 0 Å². The summed E-state index contributed by atoms with van der Waals surface area (Å²) >= 11 is 6.26. The number of halogens is 1. The van der Waals surface area contributed by atoms with Gasteiger partial charge in [0.1, 0.15) is 5.82 Å². The Morgan fingerprint density at radius 3 is 2.67 bits per heavy atom. The fourth-order valence-corrected chi connectivity index (χ4v) is 3.12. The van der Waals surface area contributed by atoms with Crippen LogP contribution in [0, 0.1) is 11.8 Å². The molecule has 0 spiro atoms. The predicted molar refractivity (Wildman–Crippen MR) is 91.0 cm³/mol. The summed E-state index contributed by atoms with van der Waals surface area (Å²) in [6.07, 6.45) is 3.66. The Balaban J connectivity index is 1.99. The Hall–Kier alpha value is -0.800. The molecule has 2 heterocycles. The van der Waals surface area contributed by atoms with Crippen molar-refractivity contribution in [2.75, 3.05) is 24.5 Å². The van der Waals surface area contributed by atoms with Crippen molar-refractivity contribution < 1.29 is 0 Å². The molecule has 1 aliphatic rings. The zero-order valence-electron chi connectivity index (χ0n) is 13.5. The van der Waals surface area contributed by atoms with E-state index in [1.54, 1.807) is 0 Å². The standard InChI is InChI=1S/C17H28ClN3/c1-4-9-19-12-16-15(18)5-6-17(20-16)21-10-7-14(8-11-21)13(2)3/h5-6,13-14,19H,4,7-12H2,1-3H3. The van der Waals surface area contributed by atoms with Crippen molar-refractivity contribution in [3.63, 3.8) is 0 Å². The van der Waals surface area contributed by atoms with E-state index in [2.05, 4.69) is 37.1 Å². The molecule has 0 radical (unpaired) electrons. The number of pyridine rings is 1. The van der Waals surface area contributed by atoms with E-state index in [0.717, 1.165) is 61.0 Å². The lowest BCUT2D eigenvalue weighted by atomic mass is 9.87. The van der Waals surface area contributed by atoms with E-state index >= 15 is 0 Å². The van der Waals surface area contributed by atoms with Crippen molar-refractivity contribution in [3.05, 3.63) is 22.8 Å². The highest BCUT2D eigenvalue weighted by atomic mass is 35.5. The molecule has 1 saturated heterocycles. The summed E-state index contributed by atoms with van der Waals surface area (Å²) in [5.74, 6) is 2.73. The monoisotopic (exact) mass is 309 g/mol. The van der Waals surface area contributed by atoms with Crippen LogP contribution in [0.25, 0.3) is 0 Å². The highest BCUT2D eigenvalue weighted by molar-refractivity contribution is 6.31. The van der Waals surface area contributed by atoms with E-state index in [0.29, 0.717) is 0 Å². The van der Waals surface area contributed by atoms with Crippen LogP contribution in [0.15, 0.2) is 12.1 Å². The van der Waals surface area contributed by atoms with Gasteiger partial charge >= 0.3 is 0 Å². The summed E-state index contributed by atoms with van der Waals surface area (Å²) in [6.45, 7) is 10.8. The Morgan fingerprint density at radius 2 is 2.05 bits per heavy atom. The van der Waals surface area contributed by atoms with Gasteiger partial charge in [0.05, 0.1) is 10.7 Å². The molecule has 0 amide bonds. The van der Waals surface area contributed by atoms with Gasteiger partial charge in [0.2, 0.25) is 0 Å². The molecule has 2 rings (SSSR count). The largest absolute Gasteiger partial charge is 0.357 e. The molecule has 0 unspecified atom stereocenters. The van der Waals surface area contributed by atoms with Gasteiger partial charge in [-0.2, -0.15) is 0 Å². The first kappa shape index (κ1) is 16.6. The maximum Gasteiger partial charge on any atom is 0.128 e. The summed E-state index contributed by atoms with van der Waals surface area (Å²) in [6, 6.07) is 4.04. The molecular weight excluding hydrogens is 282 g/mol. The maximum absolute atomic E-state index is 6.26. The molecule has 0 atom stereocenters. The number of hydrogen-bond donors (Lipinski definition) is 1. The van der Waals surface area contributed by atoms with Gasteiger partial charge in [-0.15, -0.1) is 0 Å². The van der Waals surface area contributed by atoms with Crippen LogP contribution in [-0.4, -0.2) is 24.6 Å². The van der Waals surface area contributed by atoms with Crippen molar-refractivity contribution in [2.45, 2.75) is 46.6 Å². The van der Waals surface area contributed by atoms with E-state index < -0.39 is 0 Å². The van der Waals surface area contributed by atoms with E-state index in [9.17, 15) is 0 Å². The normalized spacial score (nSPS) is 16.7. The van der Waals surface area contributed by atoms with E-state index in [-0.39, 0.29) is 0 Å². The van der Waals surface area contributed by atoms with E-state index in [4.69, 9.17) is 16.6 Å². The SMILES string of the molecule is CCCNCc1nc(N2CCC(C(C)C)CC2)ccc1Cl. The molecule has 1 fully saturated rings. The van der Waals surface area contributed by atoms with Crippen molar-refractivity contribution in [3.8, 4) is 0 Å². The van der Waals surface area contributed by atoms with Crippen LogP contribution in [0.5, 0.6) is 0 Å². The van der Waals surface area contributed by atoms with Gasteiger partial charge in [0.25, 0.3) is 0 Å². The number of nitrogens with one attached hydrogen (secondary N) is 1. The number of nitrogens with zero attached hydrogens (tertiary/aromatic N) is 2. The lowest BCUT2D eigenvalue weighted by Crippen LogP contribution is -2.35. The highest BCUT2D eigenvalue weighted by Crippen LogP contribution is 2.28. The van der Waals surface area contributed by atoms with Gasteiger partial charge in [-0.05, 0) is 49.8 Å². The Labute approximate surface area is 134 Å². The number of rotatable bonds is 6.